The third-order valence-electron chi connectivity index (χ3n) is 3.07. The molecule has 1 aliphatic carbocycles. The summed E-state index contributed by atoms with van der Waals surface area (Å²) in [6.07, 6.45) is 6.59. The molecule has 2 rings (SSSR count). The molecule has 0 heterocycles. The van der Waals surface area contributed by atoms with E-state index in [4.69, 9.17) is 9.69 Å². The molecule has 2 nitrogen and oxygen atoms in total. The van der Waals surface area contributed by atoms with Crippen molar-refractivity contribution in [3.05, 3.63) is 35.9 Å². The van der Waals surface area contributed by atoms with Crippen LogP contribution in [0.5, 0.6) is 0 Å². The van der Waals surface area contributed by atoms with E-state index in [9.17, 15) is 8.42 Å². The number of sulfone groups is 1. The van der Waals surface area contributed by atoms with Crippen molar-refractivity contribution >= 4 is 25.1 Å². The molecule has 1 aromatic carbocycles. The molecular weight excluding hydrogens is 333 g/mol. The average molecular weight is 350 g/mol. The Bertz CT molecular complexity index is 560. The first-order valence-corrected chi connectivity index (χ1v) is 11.7. The van der Waals surface area contributed by atoms with E-state index in [0.717, 1.165) is 35.7 Å². The van der Waals surface area contributed by atoms with Gasteiger partial charge in [-0.2, -0.15) is 5.56 Å². The van der Waals surface area contributed by atoms with Gasteiger partial charge in [0.15, 0.2) is 9.84 Å². The van der Waals surface area contributed by atoms with Crippen LogP contribution in [0, 0.1) is 11.5 Å². The third-order valence-corrected chi connectivity index (χ3v) is 4.20. The molecule has 0 amide bonds. The third kappa shape index (κ3) is 4.70. The fraction of sp³-hybridized carbons (Fsp3) is 0.429. The summed E-state index contributed by atoms with van der Waals surface area (Å²) in [5.41, 5.74) is 2.57. The molecule has 1 aromatic rings. The van der Waals surface area contributed by atoms with Crippen molar-refractivity contribution in [1.29, 1.82) is 0 Å². The monoisotopic (exact) mass is 348 g/mol. The second-order valence-electron chi connectivity index (χ2n) is 5.47. The van der Waals surface area contributed by atoms with E-state index >= 15 is 0 Å². The van der Waals surface area contributed by atoms with E-state index in [1.165, 1.54) is 11.8 Å². The number of allylic oxidation sites excluding steroid dienone is 2. The maximum absolute atomic E-state index is 11.3. The molecule has 5 heteroatoms. The first kappa shape index (κ1) is 16.9. The van der Waals surface area contributed by atoms with Crippen LogP contribution in [0.25, 0.3) is 5.57 Å². The summed E-state index contributed by atoms with van der Waals surface area (Å²) in [5.74, 6) is 0. The van der Waals surface area contributed by atoms with Gasteiger partial charge in [0, 0.05) is 6.26 Å². The Morgan fingerprint density at radius 2 is 1.74 bits per heavy atom. The molecule has 100 valence electrons. The molecule has 1 aliphatic rings. The quantitative estimate of drug-likeness (QED) is 0.601. The summed E-state index contributed by atoms with van der Waals surface area (Å²) < 4.78 is 22.7. The van der Waals surface area contributed by atoms with Crippen molar-refractivity contribution in [3.63, 3.8) is 0 Å². The Balaban J connectivity index is 0.000000861. The predicted octanol–water partition coefficient (Wildman–Crippen LogP) is 3.78. The molecule has 0 spiro atoms. The van der Waals surface area contributed by atoms with Gasteiger partial charge in [-0.05, 0) is 5.41 Å². The van der Waals surface area contributed by atoms with Crippen LogP contribution in [0.2, 0.25) is 0 Å². The van der Waals surface area contributed by atoms with Crippen molar-refractivity contribution in [2.45, 2.75) is 31.6 Å². The number of rotatable bonds is 2. The summed E-state index contributed by atoms with van der Waals surface area (Å²) >= 11 is 0.847. The Hall–Kier alpha value is -0.177. The Labute approximate surface area is 129 Å². The number of benzene rings is 1. The topological polar surface area (TPSA) is 34.1 Å². The van der Waals surface area contributed by atoms with Gasteiger partial charge in [-0.25, -0.2) is 14.0 Å². The molecule has 0 aliphatic heterocycles. The standard InChI is InChI=1S/C14H17O2S.ClH.Zn/c1-14(2)9-8-12(10-14)11-4-6-13(7-5-11)17(3,15)16;;/h4-7H,9-10H2,1-3H3;1H;/q-1;;+2/p-1. The summed E-state index contributed by atoms with van der Waals surface area (Å²) in [7, 11) is 1.67. The van der Waals surface area contributed by atoms with Crippen LogP contribution in [0.1, 0.15) is 32.3 Å². The molecule has 0 atom stereocenters. The van der Waals surface area contributed by atoms with Crippen LogP contribution >= 0.6 is 9.69 Å². The molecule has 0 saturated carbocycles. The van der Waals surface area contributed by atoms with Gasteiger partial charge in [0.25, 0.3) is 0 Å². The van der Waals surface area contributed by atoms with Crippen molar-refractivity contribution in [3.8, 4) is 0 Å². The maximum atomic E-state index is 11.3. The first-order valence-electron chi connectivity index (χ1n) is 5.95. The Morgan fingerprint density at radius 1 is 1.21 bits per heavy atom. The van der Waals surface area contributed by atoms with Gasteiger partial charge in [0.2, 0.25) is 0 Å². The molecule has 0 saturated heterocycles. The van der Waals surface area contributed by atoms with E-state index in [0.29, 0.717) is 4.90 Å². The first-order chi connectivity index (χ1) is 8.78. The van der Waals surface area contributed by atoms with Gasteiger partial charge in [0.05, 0.1) is 4.90 Å². The molecule has 0 fully saturated rings. The van der Waals surface area contributed by atoms with Crippen molar-refractivity contribution in [1.82, 2.24) is 0 Å². The summed E-state index contributed by atoms with van der Waals surface area (Å²) in [5, 5.41) is 0. The number of halogens is 1. The van der Waals surface area contributed by atoms with E-state index in [1.807, 2.05) is 12.1 Å². The zero-order chi connectivity index (χ0) is 14.7. The number of hydrogen-bond donors (Lipinski definition) is 0. The van der Waals surface area contributed by atoms with E-state index in [2.05, 4.69) is 19.9 Å². The van der Waals surface area contributed by atoms with Crippen LogP contribution < -0.4 is 0 Å². The van der Waals surface area contributed by atoms with Gasteiger partial charge in [-0.15, -0.1) is 18.6 Å². The van der Waals surface area contributed by atoms with Crippen molar-refractivity contribution < 1.29 is 25.7 Å². The molecule has 0 radical (unpaired) electrons. The fourth-order valence-electron chi connectivity index (χ4n) is 2.06. The number of hydrogen-bond acceptors (Lipinski definition) is 2. The zero-order valence-corrected chi connectivity index (χ0v) is 16.1. The second kappa shape index (κ2) is 6.52. The second-order valence-corrected chi connectivity index (χ2v) is 7.49. The van der Waals surface area contributed by atoms with Crippen molar-refractivity contribution in [2.24, 2.45) is 5.41 Å². The molecule has 0 N–H and O–H groups in total. The Morgan fingerprint density at radius 3 is 2.11 bits per heavy atom. The summed E-state index contributed by atoms with van der Waals surface area (Å²) in [6.45, 7) is 4.44. The van der Waals surface area contributed by atoms with Crippen LogP contribution in [0.4, 0.5) is 0 Å². The molecule has 19 heavy (non-hydrogen) atoms. The van der Waals surface area contributed by atoms with E-state index < -0.39 is 9.84 Å². The molecule has 0 bridgehead atoms. The SMILES string of the molecule is CC1(C)C[C-]=C(c2ccc(S(C)(=O)=O)cc2)C1.[Cl][Zn+]. The van der Waals surface area contributed by atoms with Crippen molar-refractivity contribution in [2.75, 3.05) is 6.26 Å². The normalized spacial score (nSPS) is 17.5. The zero-order valence-electron chi connectivity index (χ0n) is 11.5. The van der Waals surface area contributed by atoms with Crippen LogP contribution in [0.15, 0.2) is 29.2 Å². The summed E-state index contributed by atoms with van der Waals surface area (Å²) in [6, 6.07) is 7.09. The minimum absolute atomic E-state index is 0.283. The minimum atomic E-state index is -3.10. The van der Waals surface area contributed by atoms with Gasteiger partial charge in [0.1, 0.15) is 0 Å². The average Bonchev–Trinajstić information content (AvgIpc) is 2.71. The van der Waals surface area contributed by atoms with Gasteiger partial charge in [-0.3, -0.25) is 6.08 Å². The van der Waals surface area contributed by atoms with Crippen LogP contribution in [0.3, 0.4) is 0 Å². The molecule has 0 aromatic heterocycles. The molecular formula is C14H17ClO2SZn. The van der Waals surface area contributed by atoms with Gasteiger partial charge >= 0.3 is 27.0 Å². The molecule has 0 unspecified atom stereocenters. The van der Waals surface area contributed by atoms with E-state index in [1.54, 1.807) is 12.1 Å². The summed E-state index contributed by atoms with van der Waals surface area (Å²) in [4.78, 5) is 0.374. The van der Waals surface area contributed by atoms with Crippen LogP contribution in [-0.4, -0.2) is 14.7 Å². The van der Waals surface area contributed by atoms with E-state index in [-0.39, 0.29) is 5.41 Å². The van der Waals surface area contributed by atoms with Gasteiger partial charge in [-0.1, -0.05) is 32.4 Å². The van der Waals surface area contributed by atoms with Crippen LogP contribution in [-0.2, 0) is 27.1 Å². The fourth-order valence-corrected chi connectivity index (χ4v) is 2.69. The van der Waals surface area contributed by atoms with Gasteiger partial charge < -0.3 is 0 Å². The predicted molar refractivity (Wildman–Crippen MR) is 75.1 cm³/mol. The Kier molecular flexibility index (Phi) is 5.79.